The fraction of sp³-hybridized carbons (Fsp3) is 0.909. The highest BCUT2D eigenvalue weighted by Gasteiger charge is 2.37. The summed E-state index contributed by atoms with van der Waals surface area (Å²) < 4.78 is 5.26. The Hall–Kier alpha value is -0.810. The van der Waals surface area contributed by atoms with E-state index in [2.05, 4.69) is 0 Å². The Labute approximate surface area is 96.6 Å². The fourth-order valence-electron chi connectivity index (χ4n) is 1.80. The Morgan fingerprint density at radius 1 is 1.56 bits per heavy atom. The van der Waals surface area contributed by atoms with E-state index < -0.39 is 11.1 Å². The van der Waals surface area contributed by atoms with Crippen LogP contribution in [0.15, 0.2) is 0 Å². The second-order valence-corrected chi connectivity index (χ2v) is 5.49. The summed E-state index contributed by atoms with van der Waals surface area (Å²) in [7, 11) is 0. The first-order chi connectivity index (χ1) is 7.26. The van der Waals surface area contributed by atoms with Gasteiger partial charge in [-0.25, -0.2) is 4.79 Å². The number of amides is 1. The number of ether oxygens (including phenoxy) is 1. The molecule has 1 heterocycles. The number of carbonyl (C=O) groups is 1. The molecule has 3 N–H and O–H groups in total. The van der Waals surface area contributed by atoms with Crippen LogP contribution in [0.25, 0.3) is 0 Å². The molecule has 0 aliphatic carbocycles. The molecule has 5 heteroatoms. The van der Waals surface area contributed by atoms with Crippen molar-refractivity contribution in [3.63, 3.8) is 0 Å². The minimum atomic E-state index is -0.478. The van der Waals surface area contributed by atoms with E-state index in [4.69, 9.17) is 15.6 Å². The highest BCUT2D eigenvalue weighted by molar-refractivity contribution is 5.68. The van der Waals surface area contributed by atoms with Crippen LogP contribution < -0.4 is 5.73 Å². The van der Waals surface area contributed by atoms with Crippen molar-refractivity contribution in [3.8, 4) is 0 Å². The summed E-state index contributed by atoms with van der Waals surface area (Å²) >= 11 is 0. The molecule has 0 radical (unpaired) electrons. The largest absolute Gasteiger partial charge is 0.444 e. The molecule has 0 bridgehead atoms. The van der Waals surface area contributed by atoms with Crippen molar-refractivity contribution in [2.75, 3.05) is 19.7 Å². The number of aliphatic hydroxyl groups is 1. The zero-order valence-corrected chi connectivity index (χ0v) is 10.3. The molecule has 0 spiro atoms. The molecule has 1 amide bonds. The summed E-state index contributed by atoms with van der Waals surface area (Å²) in [4.78, 5) is 13.4. The van der Waals surface area contributed by atoms with Gasteiger partial charge in [-0.05, 0) is 33.6 Å². The molecule has 1 aliphatic heterocycles. The monoisotopic (exact) mass is 230 g/mol. The average Bonchev–Trinajstić information content (AvgIpc) is 2.45. The van der Waals surface area contributed by atoms with E-state index in [0.29, 0.717) is 25.9 Å². The Bertz CT molecular complexity index is 262. The summed E-state index contributed by atoms with van der Waals surface area (Å²) in [6, 6.07) is 0. The molecule has 1 atom stereocenters. The lowest BCUT2D eigenvalue weighted by atomic mass is 9.96. The van der Waals surface area contributed by atoms with Crippen LogP contribution in [0.1, 0.15) is 33.6 Å². The van der Waals surface area contributed by atoms with Crippen molar-refractivity contribution < 1.29 is 14.6 Å². The highest BCUT2D eigenvalue weighted by atomic mass is 16.6. The molecule has 0 aromatic carbocycles. The van der Waals surface area contributed by atoms with Crippen LogP contribution in [-0.2, 0) is 4.74 Å². The molecular formula is C11H22N2O3. The zero-order valence-electron chi connectivity index (χ0n) is 10.3. The maximum atomic E-state index is 11.7. The van der Waals surface area contributed by atoms with E-state index in [9.17, 15) is 4.79 Å². The number of nitrogens with two attached hydrogens (primary N) is 1. The van der Waals surface area contributed by atoms with Gasteiger partial charge in [0.1, 0.15) is 5.60 Å². The van der Waals surface area contributed by atoms with Crippen LogP contribution in [0.3, 0.4) is 0 Å². The second-order valence-electron chi connectivity index (χ2n) is 5.49. The van der Waals surface area contributed by atoms with Gasteiger partial charge in [0.25, 0.3) is 0 Å². The number of likely N-dealkylation sites (tertiary alicyclic amines) is 1. The number of hydrogen-bond acceptors (Lipinski definition) is 4. The number of aliphatic hydroxyl groups excluding tert-OH is 1. The van der Waals surface area contributed by atoms with Crippen molar-refractivity contribution in [3.05, 3.63) is 0 Å². The summed E-state index contributed by atoms with van der Waals surface area (Å²) in [5.74, 6) is 0. The van der Waals surface area contributed by atoms with Crippen molar-refractivity contribution in [2.45, 2.75) is 44.8 Å². The molecule has 1 rings (SSSR count). The molecule has 5 nitrogen and oxygen atoms in total. The maximum Gasteiger partial charge on any atom is 0.410 e. The van der Waals surface area contributed by atoms with Crippen LogP contribution in [0.5, 0.6) is 0 Å². The average molecular weight is 230 g/mol. The molecular weight excluding hydrogens is 208 g/mol. The molecule has 1 saturated heterocycles. The Morgan fingerprint density at radius 3 is 2.69 bits per heavy atom. The summed E-state index contributed by atoms with van der Waals surface area (Å²) in [6.45, 7) is 6.63. The maximum absolute atomic E-state index is 11.7. The highest BCUT2D eigenvalue weighted by Crippen LogP contribution is 2.23. The molecule has 94 valence electrons. The van der Waals surface area contributed by atoms with Crippen molar-refractivity contribution in [2.24, 2.45) is 5.73 Å². The van der Waals surface area contributed by atoms with Crippen LogP contribution >= 0.6 is 0 Å². The topological polar surface area (TPSA) is 75.8 Å². The minimum Gasteiger partial charge on any atom is -0.444 e. The lowest BCUT2D eigenvalue weighted by Gasteiger charge is -2.26. The lowest BCUT2D eigenvalue weighted by Crippen LogP contribution is -2.45. The number of nitrogens with zero attached hydrogens (tertiary/aromatic N) is 1. The van der Waals surface area contributed by atoms with Gasteiger partial charge in [-0.3, -0.25) is 0 Å². The van der Waals surface area contributed by atoms with Gasteiger partial charge in [-0.1, -0.05) is 0 Å². The van der Waals surface area contributed by atoms with E-state index in [0.717, 1.165) is 0 Å². The van der Waals surface area contributed by atoms with Gasteiger partial charge in [0.2, 0.25) is 0 Å². The van der Waals surface area contributed by atoms with E-state index >= 15 is 0 Å². The quantitative estimate of drug-likeness (QED) is 0.732. The zero-order chi connectivity index (χ0) is 12.4. The summed E-state index contributed by atoms with van der Waals surface area (Å²) in [5.41, 5.74) is 5.12. The fourth-order valence-corrected chi connectivity index (χ4v) is 1.80. The molecule has 1 fully saturated rings. The first-order valence-electron chi connectivity index (χ1n) is 5.63. The number of hydrogen-bond donors (Lipinski definition) is 2. The first-order valence-corrected chi connectivity index (χ1v) is 5.63. The second kappa shape index (κ2) is 4.59. The van der Waals surface area contributed by atoms with Crippen LogP contribution in [0.4, 0.5) is 4.79 Å². The Balaban J connectivity index is 2.50. The minimum absolute atomic E-state index is 0.0542. The molecule has 0 saturated carbocycles. The van der Waals surface area contributed by atoms with Crippen LogP contribution in [0, 0.1) is 0 Å². The van der Waals surface area contributed by atoms with E-state index in [1.165, 1.54) is 0 Å². The Morgan fingerprint density at radius 2 is 2.19 bits per heavy atom. The first kappa shape index (κ1) is 13.3. The SMILES string of the molecule is CC(C)(C)OC(=O)N1CC[C@@](N)(CCO)C1. The van der Waals surface area contributed by atoms with Gasteiger partial charge >= 0.3 is 6.09 Å². The standard InChI is InChI=1S/C11H22N2O3/c1-10(2,3)16-9(15)13-6-4-11(12,8-13)5-7-14/h14H,4-8,12H2,1-3H3/t11-/m1/s1. The Kier molecular flexibility index (Phi) is 3.80. The predicted octanol–water partition coefficient (Wildman–Crippen LogP) is 0.707. The van der Waals surface area contributed by atoms with Gasteiger partial charge in [-0.2, -0.15) is 0 Å². The normalized spacial score (nSPS) is 25.9. The number of carbonyl (C=O) groups excluding carboxylic acids is 1. The third kappa shape index (κ3) is 3.64. The van der Waals surface area contributed by atoms with Gasteiger partial charge < -0.3 is 20.5 Å². The predicted molar refractivity (Wildman–Crippen MR) is 61.0 cm³/mol. The van der Waals surface area contributed by atoms with Gasteiger partial charge in [0.05, 0.1) is 0 Å². The smallest absolute Gasteiger partial charge is 0.410 e. The van der Waals surface area contributed by atoms with E-state index in [-0.39, 0.29) is 12.7 Å². The number of rotatable bonds is 2. The van der Waals surface area contributed by atoms with Crippen molar-refractivity contribution >= 4 is 6.09 Å². The molecule has 0 aromatic heterocycles. The van der Waals surface area contributed by atoms with Crippen LogP contribution in [0.2, 0.25) is 0 Å². The summed E-state index contributed by atoms with van der Waals surface area (Å²) in [6.07, 6.45) is 0.914. The van der Waals surface area contributed by atoms with Crippen molar-refractivity contribution in [1.29, 1.82) is 0 Å². The van der Waals surface area contributed by atoms with Gasteiger partial charge in [-0.15, -0.1) is 0 Å². The van der Waals surface area contributed by atoms with E-state index in [1.54, 1.807) is 4.90 Å². The van der Waals surface area contributed by atoms with Gasteiger partial charge in [0.15, 0.2) is 0 Å². The van der Waals surface area contributed by atoms with E-state index in [1.807, 2.05) is 20.8 Å². The third-order valence-corrected chi connectivity index (χ3v) is 2.65. The summed E-state index contributed by atoms with van der Waals surface area (Å²) in [5, 5.41) is 8.89. The lowest BCUT2D eigenvalue weighted by molar-refractivity contribution is 0.0281. The van der Waals surface area contributed by atoms with Crippen molar-refractivity contribution in [1.82, 2.24) is 4.90 Å². The molecule has 16 heavy (non-hydrogen) atoms. The molecule has 1 aliphatic rings. The van der Waals surface area contributed by atoms with Gasteiger partial charge in [0, 0.05) is 25.2 Å². The molecule has 0 unspecified atom stereocenters. The third-order valence-electron chi connectivity index (χ3n) is 2.65. The van der Waals surface area contributed by atoms with Crippen LogP contribution in [-0.4, -0.2) is 46.9 Å². The molecule has 0 aromatic rings.